The number of allylic oxidation sites excluding steroid dienone is 1. The maximum absolute atomic E-state index is 13.0. The lowest BCUT2D eigenvalue weighted by Gasteiger charge is -2.58. The van der Waals surface area contributed by atoms with Crippen molar-refractivity contribution in [2.45, 2.75) is 122 Å². The van der Waals surface area contributed by atoms with Gasteiger partial charge in [-0.3, -0.25) is 4.79 Å². The molecule has 5 rings (SSSR count). The Bertz CT molecular complexity index is 1020. The van der Waals surface area contributed by atoms with Gasteiger partial charge in [0.2, 0.25) is 0 Å². The van der Waals surface area contributed by atoms with Crippen LogP contribution in [0.2, 0.25) is 0 Å². The van der Waals surface area contributed by atoms with Gasteiger partial charge < -0.3 is 4.74 Å². The Morgan fingerprint density at radius 2 is 1.77 bits per heavy atom. The number of carbonyl (C=O) groups excluding carboxylic acids is 1. The van der Waals surface area contributed by atoms with E-state index < -0.39 is 0 Å². The van der Waals surface area contributed by atoms with Crippen LogP contribution in [0.15, 0.2) is 42.0 Å². The van der Waals surface area contributed by atoms with Crippen LogP contribution in [0.5, 0.6) is 0 Å². The number of fused-ring (bicyclic) bond motifs is 5. The average Bonchev–Trinajstić information content (AvgIpc) is 3.26. The highest BCUT2D eigenvalue weighted by molar-refractivity contribution is 14.1. The summed E-state index contributed by atoms with van der Waals surface area (Å²) in [4.78, 5) is 13.0. The molecule has 4 aliphatic carbocycles. The summed E-state index contributed by atoms with van der Waals surface area (Å²) in [5.41, 5.74) is 3.67. The van der Waals surface area contributed by atoms with Crippen LogP contribution in [-0.4, -0.2) is 16.0 Å². The van der Waals surface area contributed by atoms with Crippen LogP contribution in [0, 0.1) is 46.3 Å². The second-order valence-electron chi connectivity index (χ2n) is 14.7. The predicted molar refractivity (Wildman–Crippen MR) is 171 cm³/mol. The number of benzene rings is 1. The van der Waals surface area contributed by atoms with Crippen molar-refractivity contribution < 1.29 is 9.53 Å². The largest absolute Gasteiger partial charge is 0.461 e. The Balaban J connectivity index is 1.21. The molecule has 2 nitrogen and oxygen atoms in total. The summed E-state index contributed by atoms with van der Waals surface area (Å²) in [7, 11) is 0. The number of carbonyl (C=O) groups is 1. The van der Waals surface area contributed by atoms with Gasteiger partial charge in [0, 0.05) is 6.42 Å². The first kappa shape index (κ1) is 29.6. The third-order valence-electron chi connectivity index (χ3n) is 12.1. The van der Waals surface area contributed by atoms with Crippen LogP contribution in [-0.2, 0) is 16.0 Å². The number of alkyl halides is 1. The van der Waals surface area contributed by atoms with E-state index >= 15 is 0 Å². The highest BCUT2D eigenvalue weighted by Gasteiger charge is 2.59. The summed E-state index contributed by atoms with van der Waals surface area (Å²) in [6, 6.07) is 10.3. The number of hydrogen-bond acceptors (Lipinski definition) is 2. The van der Waals surface area contributed by atoms with Gasteiger partial charge in [-0.2, -0.15) is 0 Å². The van der Waals surface area contributed by atoms with Crippen molar-refractivity contribution in [3.63, 3.8) is 0 Å². The van der Waals surface area contributed by atoms with E-state index in [1.54, 1.807) is 5.57 Å². The lowest BCUT2D eigenvalue weighted by Crippen LogP contribution is -2.51. The molecule has 39 heavy (non-hydrogen) atoms. The molecule has 1 aromatic carbocycles. The van der Waals surface area contributed by atoms with Crippen molar-refractivity contribution in [1.29, 1.82) is 0 Å². The van der Waals surface area contributed by atoms with Crippen molar-refractivity contribution in [1.82, 2.24) is 0 Å². The Morgan fingerprint density at radius 3 is 2.51 bits per heavy atom. The fourth-order valence-electron chi connectivity index (χ4n) is 9.90. The molecule has 3 heteroatoms. The number of ether oxygens (including phenoxy) is 1. The fourth-order valence-corrected chi connectivity index (χ4v) is 10.6. The molecule has 0 radical (unpaired) electrons. The van der Waals surface area contributed by atoms with E-state index in [4.69, 9.17) is 4.74 Å². The van der Waals surface area contributed by atoms with Crippen molar-refractivity contribution in [2.24, 2.45) is 46.3 Å². The summed E-state index contributed by atoms with van der Waals surface area (Å²) in [5.74, 6) is 5.16. The molecule has 216 valence electrons. The Hall–Kier alpha value is -0.840. The molecule has 1 aromatic rings. The van der Waals surface area contributed by atoms with E-state index in [0.717, 1.165) is 54.8 Å². The maximum Gasteiger partial charge on any atom is 0.319 e. The molecule has 0 aromatic heterocycles. The van der Waals surface area contributed by atoms with E-state index in [-0.39, 0.29) is 16.0 Å². The van der Waals surface area contributed by atoms with Gasteiger partial charge in [0.15, 0.2) is 0 Å². The molecule has 0 amide bonds. The second-order valence-corrected chi connectivity index (χ2v) is 16.3. The van der Waals surface area contributed by atoms with Gasteiger partial charge in [0.05, 0.1) is 0 Å². The predicted octanol–water partition coefficient (Wildman–Crippen LogP) is 9.99. The summed E-state index contributed by atoms with van der Waals surface area (Å²) < 4.78 is 6.02. The molecular weight excluding hydrogens is 591 g/mol. The van der Waals surface area contributed by atoms with E-state index in [2.05, 4.69) is 75.4 Å². The number of halogens is 1. The molecule has 3 fully saturated rings. The van der Waals surface area contributed by atoms with E-state index in [0.29, 0.717) is 10.8 Å². The first-order valence-corrected chi connectivity index (χ1v) is 17.4. The molecule has 0 aliphatic heterocycles. The number of hydrogen-bond donors (Lipinski definition) is 0. The zero-order chi connectivity index (χ0) is 27.8. The van der Waals surface area contributed by atoms with Crippen LogP contribution in [0.4, 0.5) is 0 Å². The SMILES string of the molecule is CC(C)CCC[C@H](C)[C@@H]1CC[C@@H]2[C@H]3CC=C4C[C@@H](OC(=O)[C@@H](I)Cc5ccccc5)CC[C@]4(C)[C@@H]3CC[C@@]21C. The van der Waals surface area contributed by atoms with Crippen LogP contribution in [0.1, 0.15) is 111 Å². The van der Waals surface area contributed by atoms with Gasteiger partial charge in [-0.15, -0.1) is 0 Å². The molecule has 9 atom stereocenters. The van der Waals surface area contributed by atoms with Gasteiger partial charge >= 0.3 is 5.97 Å². The summed E-state index contributed by atoms with van der Waals surface area (Å²) in [6.07, 6.45) is 17.8. The van der Waals surface area contributed by atoms with Gasteiger partial charge in [-0.05, 0) is 103 Å². The first-order chi connectivity index (χ1) is 18.6. The monoisotopic (exact) mass is 644 g/mol. The Morgan fingerprint density at radius 1 is 1.00 bits per heavy atom. The van der Waals surface area contributed by atoms with Crippen molar-refractivity contribution in [3.8, 4) is 0 Å². The molecule has 0 unspecified atom stereocenters. The minimum atomic E-state index is -0.123. The minimum absolute atomic E-state index is 0.0321. The van der Waals surface area contributed by atoms with Gasteiger partial charge in [0.1, 0.15) is 10.0 Å². The third-order valence-corrected chi connectivity index (χ3v) is 13.0. The van der Waals surface area contributed by atoms with Crippen molar-refractivity contribution in [2.75, 3.05) is 0 Å². The normalized spacial score (nSPS) is 37.3. The molecule has 0 bridgehead atoms. The zero-order valence-electron chi connectivity index (χ0n) is 25.3. The molecule has 0 heterocycles. The molecule has 0 saturated heterocycles. The summed E-state index contributed by atoms with van der Waals surface area (Å²) in [5, 5.41) is 0. The standard InChI is InChI=1S/C36H53IO2/c1-24(2)10-9-11-25(3)30-16-17-31-29-15-14-27-23-28(18-20-35(27,4)32(29)19-21-36(30,31)5)39-34(38)33(37)22-26-12-7-6-8-13-26/h6-8,12-14,24-25,28-33H,9-11,15-23H2,1-5H3/t25-,28-,29+,30-,31+,32+,33-,35-,36+/m0/s1. The Kier molecular flexibility index (Phi) is 9.26. The highest BCUT2D eigenvalue weighted by Crippen LogP contribution is 2.67. The summed E-state index contributed by atoms with van der Waals surface area (Å²) in [6.45, 7) is 12.6. The molecule has 0 spiro atoms. The molecule has 4 aliphatic rings. The topological polar surface area (TPSA) is 26.3 Å². The van der Waals surface area contributed by atoms with Gasteiger partial charge in [-0.1, -0.05) is 118 Å². The van der Waals surface area contributed by atoms with Crippen molar-refractivity contribution >= 4 is 28.6 Å². The zero-order valence-corrected chi connectivity index (χ0v) is 27.4. The second kappa shape index (κ2) is 12.2. The van der Waals surface area contributed by atoms with E-state index in [1.807, 2.05) is 18.2 Å². The lowest BCUT2D eigenvalue weighted by molar-refractivity contribution is -0.150. The first-order valence-electron chi connectivity index (χ1n) is 16.2. The maximum atomic E-state index is 13.0. The number of rotatable bonds is 9. The fraction of sp³-hybridized carbons (Fsp3) is 0.750. The Labute approximate surface area is 252 Å². The average molecular weight is 645 g/mol. The van der Waals surface area contributed by atoms with E-state index in [9.17, 15) is 4.79 Å². The van der Waals surface area contributed by atoms with Crippen LogP contribution in [0.3, 0.4) is 0 Å². The van der Waals surface area contributed by atoms with Crippen LogP contribution in [0.25, 0.3) is 0 Å². The van der Waals surface area contributed by atoms with Gasteiger partial charge in [-0.25, -0.2) is 0 Å². The van der Waals surface area contributed by atoms with Crippen molar-refractivity contribution in [3.05, 3.63) is 47.5 Å². The lowest BCUT2D eigenvalue weighted by atomic mass is 9.47. The summed E-state index contributed by atoms with van der Waals surface area (Å²) >= 11 is 2.27. The minimum Gasteiger partial charge on any atom is -0.461 e. The van der Waals surface area contributed by atoms with Gasteiger partial charge in [0.25, 0.3) is 0 Å². The molecule has 3 saturated carbocycles. The van der Waals surface area contributed by atoms with E-state index in [1.165, 1.54) is 63.4 Å². The quantitative estimate of drug-likeness (QED) is 0.116. The number of esters is 1. The smallest absolute Gasteiger partial charge is 0.319 e. The highest BCUT2D eigenvalue weighted by atomic mass is 127. The van der Waals surface area contributed by atoms with Crippen LogP contribution >= 0.6 is 22.6 Å². The molecule has 0 N–H and O–H groups in total. The molecular formula is C36H53IO2. The van der Waals surface area contributed by atoms with Crippen LogP contribution < -0.4 is 0 Å². The third kappa shape index (κ3) is 6.05.